The lowest BCUT2D eigenvalue weighted by Crippen LogP contribution is -2.34. The first-order valence-corrected chi connectivity index (χ1v) is 9.06. The highest BCUT2D eigenvalue weighted by Crippen LogP contribution is 1.85. The molecule has 0 unspecified atom stereocenters. The number of carbonyl (C=O) groups is 5. The van der Waals surface area contributed by atoms with Crippen LogP contribution in [-0.2, 0) is 28.7 Å². The van der Waals surface area contributed by atoms with E-state index in [9.17, 15) is 4.79 Å². The van der Waals surface area contributed by atoms with Gasteiger partial charge in [-0.15, -0.1) is 0 Å². The number of hydrogen-bond donors (Lipinski definition) is 9. The van der Waals surface area contributed by atoms with E-state index in [1.54, 1.807) is 0 Å². The molecule has 0 amide bonds. The number of rotatable bonds is 8. The second-order valence-corrected chi connectivity index (χ2v) is 4.97. The molecule has 0 spiro atoms. The molecule has 0 aliphatic carbocycles. The summed E-state index contributed by atoms with van der Waals surface area (Å²) in [6.45, 7) is 10.3. The predicted molar refractivity (Wildman–Crippen MR) is 124 cm³/mol. The molecule has 16 heteroatoms. The van der Waals surface area contributed by atoms with Crippen LogP contribution in [0, 0.1) is 0 Å². The van der Waals surface area contributed by atoms with Crippen molar-refractivity contribution < 1.29 is 64.5 Å². The summed E-state index contributed by atoms with van der Waals surface area (Å²) < 4.78 is 4.83. The molecule has 0 aromatic carbocycles. The number of aliphatic hydroxyl groups is 2. The zero-order valence-corrected chi connectivity index (χ0v) is 20.9. The van der Waals surface area contributed by atoms with Crippen molar-refractivity contribution in [3.63, 3.8) is 0 Å². The van der Waals surface area contributed by atoms with Gasteiger partial charge in [0, 0.05) is 54.0 Å². The fourth-order valence-electron chi connectivity index (χ4n) is 0.948. The van der Waals surface area contributed by atoms with Gasteiger partial charge in [0.1, 0.15) is 0 Å². The first-order valence-electron chi connectivity index (χ1n) is 9.06. The Kier molecular flexibility index (Phi) is 74.2. The first-order chi connectivity index (χ1) is 14.5. The second kappa shape index (κ2) is 47.8. The lowest BCUT2D eigenvalue weighted by Gasteiger charge is -2.16. The van der Waals surface area contributed by atoms with Crippen molar-refractivity contribution in [3.05, 3.63) is 0 Å². The summed E-state index contributed by atoms with van der Waals surface area (Å²) in [5.74, 6) is -4.29. The molecule has 0 atom stereocenters. The fourth-order valence-corrected chi connectivity index (χ4v) is 0.948. The van der Waals surface area contributed by atoms with Gasteiger partial charge in [-0.25, -0.2) is 0 Å². The Hall–Kier alpha value is -2.89. The van der Waals surface area contributed by atoms with Crippen LogP contribution in [-0.4, -0.2) is 117 Å². The van der Waals surface area contributed by atoms with E-state index in [0.717, 1.165) is 40.9 Å². The van der Waals surface area contributed by atoms with Gasteiger partial charge in [0.15, 0.2) is 0 Å². The van der Waals surface area contributed by atoms with Crippen LogP contribution in [0.5, 0.6) is 0 Å². The van der Waals surface area contributed by atoms with Crippen LogP contribution in [0.3, 0.4) is 0 Å². The molecular formula is C18H45N3O13. The van der Waals surface area contributed by atoms with E-state index in [0.29, 0.717) is 0 Å². The van der Waals surface area contributed by atoms with Gasteiger partial charge in [-0.1, -0.05) is 0 Å². The quantitative estimate of drug-likeness (QED) is 0.208. The summed E-state index contributed by atoms with van der Waals surface area (Å²) >= 11 is 0. The van der Waals surface area contributed by atoms with Crippen LogP contribution in [0.15, 0.2) is 0 Å². The number of hydrogen-bond acceptors (Lipinski definition) is 11. The molecule has 210 valence electrons. The Morgan fingerprint density at radius 2 is 0.824 bits per heavy atom. The number of aliphatic hydroxyl groups excluding tert-OH is 2. The standard InChI is InChI=1S/C6H13NO4.C4H10O.4C2H4O2.2H3N/c8-3-1-7(2-4-9)5-6(10)11;1-3-5-4-2;4*1-2(3)4;;/h8-9H,1-5H2,(H,10,11);3-4H2,1-2H3;4*1H3,(H,3,4);2*1H3. The third-order valence-electron chi connectivity index (χ3n) is 1.60. The van der Waals surface area contributed by atoms with E-state index >= 15 is 0 Å². The van der Waals surface area contributed by atoms with Crippen molar-refractivity contribution in [1.82, 2.24) is 17.2 Å². The Labute approximate surface area is 199 Å². The molecule has 0 saturated heterocycles. The zero-order chi connectivity index (χ0) is 27.1. The van der Waals surface area contributed by atoms with E-state index in [1.807, 2.05) is 13.8 Å². The van der Waals surface area contributed by atoms with Gasteiger partial charge in [-0.3, -0.25) is 28.9 Å². The van der Waals surface area contributed by atoms with Crippen molar-refractivity contribution in [2.45, 2.75) is 41.5 Å². The Morgan fingerprint density at radius 1 is 0.618 bits per heavy atom. The van der Waals surface area contributed by atoms with Gasteiger partial charge in [-0.2, -0.15) is 0 Å². The Bertz CT molecular complexity index is 392. The number of carboxylic acid groups (broad SMARTS) is 5. The van der Waals surface area contributed by atoms with Gasteiger partial charge < -0.3 is 52.8 Å². The van der Waals surface area contributed by atoms with Crippen molar-refractivity contribution >= 4 is 29.8 Å². The van der Waals surface area contributed by atoms with E-state index in [4.69, 9.17) is 59.7 Å². The highest BCUT2D eigenvalue weighted by molar-refractivity contribution is 5.69. The molecular weight excluding hydrogens is 466 g/mol. The molecule has 0 aliphatic heterocycles. The lowest BCUT2D eigenvalue weighted by atomic mass is 10.4. The third-order valence-corrected chi connectivity index (χ3v) is 1.60. The normalized spacial score (nSPS) is 7.56. The molecule has 0 fully saturated rings. The number of aliphatic carboxylic acids is 5. The molecule has 13 N–H and O–H groups in total. The summed E-state index contributed by atoms with van der Waals surface area (Å²) in [7, 11) is 0. The molecule has 16 nitrogen and oxygen atoms in total. The summed E-state index contributed by atoms with van der Waals surface area (Å²) in [6, 6.07) is 0. The SMILES string of the molecule is CC(=O)O.CC(=O)O.CC(=O)O.CC(=O)O.CCOCC.N.N.O=C(O)CN(CCO)CCO. The molecule has 34 heavy (non-hydrogen) atoms. The monoisotopic (exact) mass is 511 g/mol. The number of ether oxygens (including phenoxy) is 1. The van der Waals surface area contributed by atoms with Crippen LogP contribution in [0.1, 0.15) is 41.5 Å². The maximum Gasteiger partial charge on any atom is 0.317 e. The molecule has 0 heterocycles. The van der Waals surface area contributed by atoms with Gasteiger partial charge in [0.2, 0.25) is 0 Å². The summed E-state index contributed by atoms with van der Waals surface area (Å²) in [6.07, 6.45) is 0. The molecule has 0 radical (unpaired) electrons. The summed E-state index contributed by atoms with van der Waals surface area (Å²) in [5.41, 5.74) is 0. The topological polar surface area (TPSA) is 309 Å². The molecule has 0 aromatic heterocycles. The van der Waals surface area contributed by atoms with Crippen LogP contribution < -0.4 is 12.3 Å². The fraction of sp³-hybridized carbons (Fsp3) is 0.722. The zero-order valence-electron chi connectivity index (χ0n) is 20.9. The highest BCUT2D eigenvalue weighted by Gasteiger charge is 2.06. The van der Waals surface area contributed by atoms with Crippen molar-refractivity contribution in [1.29, 1.82) is 0 Å². The number of carboxylic acids is 5. The summed E-state index contributed by atoms with van der Waals surface area (Å²) in [4.78, 5) is 47.6. The largest absolute Gasteiger partial charge is 0.481 e. The molecule has 0 bridgehead atoms. The number of nitrogens with zero attached hydrogens (tertiary/aromatic N) is 1. The Balaban J connectivity index is -0.0000000422. The van der Waals surface area contributed by atoms with Crippen LogP contribution in [0.4, 0.5) is 0 Å². The minimum Gasteiger partial charge on any atom is -0.481 e. The van der Waals surface area contributed by atoms with E-state index < -0.39 is 29.8 Å². The highest BCUT2D eigenvalue weighted by atomic mass is 16.5. The Morgan fingerprint density at radius 3 is 0.912 bits per heavy atom. The lowest BCUT2D eigenvalue weighted by molar-refractivity contribution is -0.139. The maximum absolute atomic E-state index is 10.2. The minimum atomic E-state index is -0.952. The molecule has 0 rings (SSSR count). The van der Waals surface area contributed by atoms with Crippen LogP contribution in [0.25, 0.3) is 0 Å². The first kappa shape index (κ1) is 52.8. The van der Waals surface area contributed by atoms with Crippen molar-refractivity contribution in [2.75, 3.05) is 46.1 Å². The van der Waals surface area contributed by atoms with Gasteiger partial charge in [-0.05, 0) is 13.8 Å². The van der Waals surface area contributed by atoms with Gasteiger partial charge >= 0.3 is 5.97 Å². The van der Waals surface area contributed by atoms with Crippen LogP contribution in [0.2, 0.25) is 0 Å². The maximum atomic E-state index is 10.2. The van der Waals surface area contributed by atoms with E-state index in [-0.39, 0.29) is 45.1 Å². The molecule has 0 saturated carbocycles. The predicted octanol–water partition coefficient (Wildman–Crippen LogP) is 0.0880. The molecule has 0 aliphatic rings. The van der Waals surface area contributed by atoms with E-state index in [1.165, 1.54) is 4.90 Å². The van der Waals surface area contributed by atoms with Gasteiger partial charge in [0.25, 0.3) is 23.9 Å². The average Bonchev–Trinajstić information content (AvgIpc) is 2.54. The summed E-state index contributed by atoms with van der Waals surface area (Å²) in [5, 5.41) is 54.9. The van der Waals surface area contributed by atoms with Crippen molar-refractivity contribution in [2.24, 2.45) is 0 Å². The van der Waals surface area contributed by atoms with Crippen molar-refractivity contribution in [3.8, 4) is 0 Å². The van der Waals surface area contributed by atoms with E-state index in [2.05, 4.69) is 0 Å². The average molecular weight is 512 g/mol. The molecule has 0 aromatic rings. The minimum absolute atomic E-state index is 0. The smallest absolute Gasteiger partial charge is 0.317 e. The van der Waals surface area contributed by atoms with Gasteiger partial charge in [0.05, 0.1) is 19.8 Å². The third kappa shape index (κ3) is 277. The second-order valence-electron chi connectivity index (χ2n) is 4.97. The van der Waals surface area contributed by atoms with Crippen LogP contribution >= 0.6 is 0 Å².